The summed E-state index contributed by atoms with van der Waals surface area (Å²) in [5.41, 5.74) is 0.702. The summed E-state index contributed by atoms with van der Waals surface area (Å²) >= 11 is 3.63. The van der Waals surface area contributed by atoms with Crippen LogP contribution in [-0.2, 0) is 4.74 Å². The summed E-state index contributed by atoms with van der Waals surface area (Å²) in [6.07, 6.45) is 2.01. The number of aliphatic hydroxyl groups is 1. The lowest BCUT2D eigenvalue weighted by atomic mass is 9.95. The highest BCUT2D eigenvalue weighted by atomic mass is 79.9. The summed E-state index contributed by atoms with van der Waals surface area (Å²) in [7, 11) is 0. The zero-order valence-corrected chi connectivity index (χ0v) is 9.97. The van der Waals surface area contributed by atoms with Crippen molar-refractivity contribution in [1.29, 1.82) is 0 Å². The molecule has 0 saturated carbocycles. The van der Waals surface area contributed by atoms with E-state index in [1.807, 2.05) is 13.0 Å². The highest BCUT2D eigenvalue weighted by molar-refractivity contribution is 9.09. The summed E-state index contributed by atoms with van der Waals surface area (Å²) in [6.45, 7) is 7.01. The Kier molecular flexibility index (Phi) is 3.55. The van der Waals surface area contributed by atoms with Gasteiger partial charge in [-0.3, -0.25) is 0 Å². The van der Waals surface area contributed by atoms with Crippen LogP contribution in [0.25, 0.3) is 0 Å². The minimum absolute atomic E-state index is 0.104. The molecule has 3 heteroatoms. The molecule has 0 bridgehead atoms. The maximum absolute atomic E-state index is 8.92. The van der Waals surface area contributed by atoms with E-state index in [1.54, 1.807) is 0 Å². The second-order valence-electron chi connectivity index (χ2n) is 4.02. The number of aliphatic hydroxyl groups excluding tert-OH is 1. The van der Waals surface area contributed by atoms with Gasteiger partial charge in [0.05, 0.1) is 23.6 Å². The molecule has 0 aliphatic carbocycles. The van der Waals surface area contributed by atoms with Gasteiger partial charge in [-0.25, -0.2) is 0 Å². The Morgan fingerprint density at radius 1 is 1.77 bits per heavy atom. The van der Waals surface area contributed by atoms with Crippen LogP contribution >= 0.6 is 15.9 Å². The predicted molar refractivity (Wildman–Crippen MR) is 57.1 cm³/mol. The first kappa shape index (κ1) is 11.2. The average molecular weight is 249 g/mol. The molecule has 3 atom stereocenters. The minimum Gasteiger partial charge on any atom is -0.392 e. The summed E-state index contributed by atoms with van der Waals surface area (Å²) in [5, 5.41) is 8.92. The van der Waals surface area contributed by atoms with Crippen LogP contribution in [0.3, 0.4) is 0 Å². The molecule has 76 valence electrons. The second-order valence-corrected chi connectivity index (χ2v) is 5.01. The van der Waals surface area contributed by atoms with E-state index in [4.69, 9.17) is 9.84 Å². The van der Waals surface area contributed by atoms with Crippen LogP contribution in [0.5, 0.6) is 0 Å². The Morgan fingerprint density at radius 3 is 2.77 bits per heavy atom. The van der Waals surface area contributed by atoms with Crippen LogP contribution in [0, 0.1) is 5.92 Å². The number of alkyl halides is 1. The molecule has 0 spiro atoms. The molecule has 0 radical (unpaired) electrons. The van der Waals surface area contributed by atoms with E-state index in [9.17, 15) is 0 Å². The van der Waals surface area contributed by atoms with E-state index in [-0.39, 0.29) is 12.2 Å². The van der Waals surface area contributed by atoms with Crippen LogP contribution in [-0.4, -0.2) is 28.7 Å². The van der Waals surface area contributed by atoms with Crippen molar-refractivity contribution in [2.24, 2.45) is 5.92 Å². The highest BCUT2D eigenvalue weighted by Gasteiger charge is 2.41. The van der Waals surface area contributed by atoms with E-state index in [1.165, 1.54) is 0 Å². The Labute approximate surface area is 88.1 Å². The molecular formula is C10H17BrO2. The normalized spacial score (nSPS) is 41.2. The third-order valence-electron chi connectivity index (χ3n) is 2.49. The van der Waals surface area contributed by atoms with Crippen molar-refractivity contribution in [3.8, 4) is 0 Å². The van der Waals surface area contributed by atoms with Gasteiger partial charge in [-0.2, -0.15) is 0 Å². The third-order valence-corrected chi connectivity index (χ3v) is 4.30. The van der Waals surface area contributed by atoms with Gasteiger partial charge in [0.2, 0.25) is 0 Å². The molecule has 13 heavy (non-hydrogen) atoms. The molecule has 1 fully saturated rings. The Bertz CT molecular complexity index is 215. The van der Waals surface area contributed by atoms with Crippen molar-refractivity contribution in [3.63, 3.8) is 0 Å². The Morgan fingerprint density at radius 2 is 2.38 bits per heavy atom. The molecule has 2 nitrogen and oxygen atoms in total. The van der Waals surface area contributed by atoms with E-state index in [0.29, 0.717) is 10.7 Å². The molecule has 0 unspecified atom stereocenters. The van der Waals surface area contributed by atoms with Crippen molar-refractivity contribution in [2.45, 2.75) is 31.2 Å². The van der Waals surface area contributed by atoms with Gasteiger partial charge in [-0.05, 0) is 25.3 Å². The molecule has 0 aromatic rings. The lowest BCUT2D eigenvalue weighted by Gasteiger charge is -2.24. The zero-order valence-electron chi connectivity index (χ0n) is 8.38. The monoisotopic (exact) mass is 248 g/mol. The summed E-state index contributed by atoms with van der Waals surface area (Å²) in [6, 6.07) is 0. The first-order valence-electron chi connectivity index (χ1n) is 4.57. The first-order valence-corrected chi connectivity index (χ1v) is 5.48. The van der Waals surface area contributed by atoms with Crippen LogP contribution in [0.2, 0.25) is 0 Å². The fourth-order valence-corrected chi connectivity index (χ4v) is 2.11. The summed E-state index contributed by atoms with van der Waals surface area (Å²) < 4.78 is 5.70. The Hall–Kier alpha value is 0.140. The summed E-state index contributed by atoms with van der Waals surface area (Å²) in [4.78, 5) is 0.335. The minimum atomic E-state index is -0.258. The van der Waals surface area contributed by atoms with E-state index in [2.05, 4.69) is 29.8 Å². The number of halogens is 1. The standard InChI is InChI=1S/C10H17BrO2/c1-7(5-12)4-10(3)9(11)8(2)6-13-10/h4,8-9,12H,5-6H2,1-3H3/b7-4+/t8-,9+,10-/m1/s1. The fourth-order valence-electron chi connectivity index (χ4n) is 1.70. The molecule has 0 amide bonds. The second kappa shape index (κ2) is 4.11. The quantitative estimate of drug-likeness (QED) is 0.600. The third kappa shape index (κ3) is 2.33. The van der Waals surface area contributed by atoms with Crippen molar-refractivity contribution in [1.82, 2.24) is 0 Å². The maximum Gasteiger partial charge on any atom is 0.0965 e. The van der Waals surface area contributed by atoms with Crippen LogP contribution in [0.15, 0.2) is 11.6 Å². The van der Waals surface area contributed by atoms with Gasteiger partial charge < -0.3 is 9.84 Å². The Balaban J connectivity index is 2.77. The molecule has 1 heterocycles. The molecular weight excluding hydrogens is 232 g/mol. The maximum atomic E-state index is 8.92. The van der Waals surface area contributed by atoms with Crippen molar-refractivity contribution < 1.29 is 9.84 Å². The molecule has 0 aromatic carbocycles. The van der Waals surface area contributed by atoms with E-state index in [0.717, 1.165) is 12.2 Å². The molecule has 1 saturated heterocycles. The van der Waals surface area contributed by atoms with E-state index < -0.39 is 0 Å². The van der Waals surface area contributed by atoms with Gasteiger partial charge in [0.25, 0.3) is 0 Å². The largest absolute Gasteiger partial charge is 0.392 e. The number of hydrogen-bond donors (Lipinski definition) is 1. The number of ether oxygens (including phenoxy) is 1. The van der Waals surface area contributed by atoms with E-state index >= 15 is 0 Å². The highest BCUT2D eigenvalue weighted by Crippen LogP contribution is 2.37. The SMILES string of the molecule is C/C(=C\[C@@]1(C)OC[C@@H](C)[C@@H]1Br)CO. The predicted octanol–water partition coefficient (Wildman–Crippen LogP) is 2.11. The van der Waals surface area contributed by atoms with Crippen molar-refractivity contribution in [3.05, 3.63) is 11.6 Å². The molecule has 0 aromatic heterocycles. The van der Waals surface area contributed by atoms with Gasteiger partial charge in [0.15, 0.2) is 0 Å². The van der Waals surface area contributed by atoms with Gasteiger partial charge in [0.1, 0.15) is 0 Å². The topological polar surface area (TPSA) is 29.5 Å². The van der Waals surface area contributed by atoms with Gasteiger partial charge in [-0.15, -0.1) is 0 Å². The molecule has 1 aliphatic heterocycles. The molecule has 1 N–H and O–H groups in total. The zero-order chi connectivity index (χ0) is 10.1. The van der Waals surface area contributed by atoms with Crippen molar-refractivity contribution in [2.75, 3.05) is 13.2 Å². The lowest BCUT2D eigenvalue weighted by molar-refractivity contribution is 0.0610. The lowest BCUT2D eigenvalue weighted by Crippen LogP contribution is -2.31. The smallest absolute Gasteiger partial charge is 0.0965 e. The van der Waals surface area contributed by atoms with Gasteiger partial charge in [-0.1, -0.05) is 28.9 Å². The molecule has 1 rings (SSSR count). The van der Waals surface area contributed by atoms with Crippen LogP contribution < -0.4 is 0 Å². The van der Waals surface area contributed by atoms with Crippen LogP contribution in [0.1, 0.15) is 20.8 Å². The van der Waals surface area contributed by atoms with Gasteiger partial charge in [0, 0.05) is 0 Å². The van der Waals surface area contributed by atoms with Crippen LogP contribution in [0.4, 0.5) is 0 Å². The van der Waals surface area contributed by atoms with Gasteiger partial charge >= 0.3 is 0 Å². The fraction of sp³-hybridized carbons (Fsp3) is 0.800. The van der Waals surface area contributed by atoms with Crippen molar-refractivity contribution >= 4 is 15.9 Å². The number of rotatable bonds is 2. The average Bonchev–Trinajstić information content (AvgIpc) is 2.34. The first-order chi connectivity index (χ1) is 5.99. The summed E-state index contributed by atoms with van der Waals surface area (Å²) in [5.74, 6) is 0.521. The number of hydrogen-bond acceptors (Lipinski definition) is 2. The molecule has 1 aliphatic rings.